The molecule has 0 aliphatic heterocycles. The molecular formula is C25H48. The van der Waals surface area contributed by atoms with Gasteiger partial charge in [0.25, 0.3) is 0 Å². The van der Waals surface area contributed by atoms with Crippen molar-refractivity contribution in [3.63, 3.8) is 0 Å². The van der Waals surface area contributed by atoms with Crippen molar-refractivity contribution in [2.24, 2.45) is 53.3 Å². The second kappa shape index (κ2) is 9.80. The van der Waals surface area contributed by atoms with Crippen LogP contribution in [0.25, 0.3) is 0 Å². The molecule has 3 aliphatic rings. The van der Waals surface area contributed by atoms with Crippen molar-refractivity contribution in [2.75, 3.05) is 0 Å². The molecule has 0 aromatic rings. The molecule has 0 N–H and O–H groups in total. The lowest BCUT2D eigenvalue weighted by molar-refractivity contribution is 0.0338. The summed E-state index contributed by atoms with van der Waals surface area (Å²) in [6, 6.07) is 0. The Morgan fingerprint density at radius 3 is 1.28 bits per heavy atom. The third-order valence-corrected chi connectivity index (χ3v) is 8.63. The molecule has 0 aromatic carbocycles. The van der Waals surface area contributed by atoms with Crippen LogP contribution in [-0.2, 0) is 0 Å². The Labute approximate surface area is 159 Å². The van der Waals surface area contributed by atoms with E-state index in [1.807, 2.05) is 0 Å². The lowest BCUT2D eigenvalue weighted by Gasteiger charge is -2.46. The van der Waals surface area contributed by atoms with Crippen molar-refractivity contribution in [1.29, 1.82) is 0 Å². The second-order valence-electron chi connectivity index (χ2n) is 10.9. The van der Waals surface area contributed by atoms with Crippen molar-refractivity contribution >= 4 is 0 Å². The van der Waals surface area contributed by atoms with E-state index in [-0.39, 0.29) is 0 Å². The summed E-state index contributed by atoms with van der Waals surface area (Å²) in [6.45, 7) is 17.2. The van der Waals surface area contributed by atoms with E-state index in [0.29, 0.717) is 0 Å². The van der Waals surface area contributed by atoms with E-state index < -0.39 is 0 Å². The van der Waals surface area contributed by atoms with Crippen LogP contribution in [0.3, 0.4) is 0 Å². The third kappa shape index (κ3) is 6.00. The van der Waals surface area contributed by atoms with Gasteiger partial charge in [-0.3, -0.25) is 0 Å². The molecule has 0 bridgehead atoms. The van der Waals surface area contributed by atoms with Crippen molar-refractivity contribution in [1.82, 2.24) is 0 Å². The third-order valence-electron chi connectivity index (χ3n) is 8.63. The topological polar surface area (TPSA) is 0 Å². The first-order valence-electron chi connectivity index (χ1n) is 11.8. The summed E-state index contributed by atoms with van der Waals surface area (Å²) in [5.41, 5.74) is 0. The minimum Gasteiger partial charge on any atom is -0.0625 e. The van der Waals surface area contributed by atoms with Crippen molar-refractivity contribution in [2.45, 2.75) is 106 Å². The maximum Gasteiger partial charge on any atom is -0.0334 e. The molecule has 0 saturated heterocycles. The molecule has 0 heteroatoms. The van der Waals surface area contributed by atoms with Crippen LogP contribution in [0, 0.1) is 53.3 Å². The predicted molar refractivity (Wildman–Crippen MR) is 113 cm³/mol. The molecule has 0 radical (unpaired) electrons. The summed E-state index contributed by atoms with van der Waals surface area (Å²) in [6.07, 6.45) is 13.4. The average Bonchev–Trinajstić information content (AvgIpc) is 2.56. The minimum atomic E-state index is 0.945. The predicted octanol–water partition coefficient (Wildman–Crippen LogP) is 8.21. The largest absolute Gasteiger partial charge is 0.0625 e. The lowest BCUT2D eigenvalue weighted by atomic mass is 9.59. The standard InChI is InChI=1S/C17H32.C8H16/c1-11-7-6-8-12(2)17(11)16-9-13(3)15(5)14(4)10-16;1-7-3-5-8(2)6-4-7/h11-17H,6-10H2,1-5H3;7-8H,3-6H2,1-2H3. The van der Waals surface area contributed by atoms with Crippen LogP contribution < -0.4 is 0 Å². The summed E-state index contributed by atoms with van der Waals surface area (Å²) >= 11 is 0. The molecule has 0 spiro atoms. The first-order valence-corrected chi connectivity index (χ1v) is 11.8. The molecule has 148 valence electrons. The highest BCUT2D eigenvalue weighted by Gasteiger charge is 2.39. The zero-order chi connectivity index (χ0) is 18.6. The smallest absolute Gasteiger partial charge is 0.0334 e. The van der Waals surface area contributed by atoms with E-state index in [1.54, 1.807) is 0 Å². The number of hydrogen-bond donors (Lipinski definition) is 0. The van der Waals surface area contributed by atoms with Gasteiger partial charge in [0.1, 0.15) is 0 Å². The highest BCUT2D eigenvalue weighted by atomic mass is 14.4. The highest BCUT2D eigenvalue weighted by Crippen LogP contribution is 2.48. The fraction of sp³-hybridized carbons (Fsp3) is 1.00. The molecule has 3 saturated carbocycles. The van der Waals surface area contributed by atoms with E-state index in [9.17, 15) is 0 Å². The highest BCUT2D eigenvalue weighted by molar-refractivity contribution is 4.89. The molecule has 4 unspecified atom stereocenters. The molecule has 25 heavy (non-hydrogen) atoms. The van der Waals surface area contributed by atoms with Crippen molar-refractivity contribution < 1.29 is 0 Å². The van der Waals surface area contributed by atoms with Crippen LogP contribution >= 0.6 is 0 Å². The Kier molecular flexibility index (Phi) is 8.35. The second-order valence-corrected chi connectivity index (χ2v) is 10.9. The van der Waals surface area contributed by atoms with Crippen molar-refractivity contribution in [3.8, 4) is 0 Å². The Hall–Kier alpha value is 0. The Morgan fingerprint density at radius 2 is 0.880 bits per heavy atom. The van der Waals surface area contributed by atoms with Gasteiger partial charge in [0.2, 0.25) is 0 Å². The van der Waals surface area contributed by atoms with Gasteiger partial charge in [-0.25, -0.2) is 0 Å². The lowest BCUT2D eigenvalue weighted by Crippen LogP contribution is -2.38. The monoisotopic (exact) mass is 348 g/mol. The van der Waals surface area contributed by atoms with Gasteiger partial charge < -0.3 is 0 Å². The Bertz CT molecular complexity index is 332. The van der Waals surface area contributed by atoms with Crippen LogP contribution in [0.4, 0.5) is 0 Å². The Morgan fingerprint density at radius 1 is 0.480 bits per heavy atom. The maximum atomic E-state index is 2.52. The molecule has 0 aromatic heterocycles. The van der Waals surface area contributed by atoms with Gasteiger partial charge in [-0.2, -0.15) is 0 Å². The molecule has 0 amide bonds. The van der Waals surface area contributed by atoms with Crippen LogP contribution in [0.2, 0.25) is 0 Å². The first-order chi connectivity index (χ1) is 11.8. The van der Waals surface area contributed by atoms with Gasteiger partial charge in [-0.05, 0) is 66.1 Å². The number of hydrogen-bond acceptors (Lipinski definition) is 0. The zero-order valence-corrected chi connectivity index (χ0v) is 18.6. The van der Waals surface area contributed by atoms with Gasteiger partial charge in [0.05, 0.1) is 0 Å². The fourth-order valence-electron chi connectivity index (χ4n) is 6.42. The van der Waals surface area contributed by atoms with Gasteiger partial charge in [-0.15, -0.1) is 0 Å². The maximum absolute atomic E-state index is 2.52. The van der Waals surface area contributed by atoms with Crippen LogP contribution in [0.1, 0.15) is 106 Å². The van der Waals surface area contributed by atoms with Crippen molar-refractivity contribution in [3.05, 3.63) is 0 Å². The van der Waals surface area contributed by atoms with Crippen LogP contribution in [0.15, 0.2) is 0 Å². The van der Waals surface area contributed by atoms with E-state index >= 15 is 0 Å². The van der Waals surface area contributed by atoms with Gasteiger partial charge in [0, 0.05) is 0 Å². The summed E-state index contributed by atoms with van der Waals surface area (Å²) in [4.78, 5) is 0. The summed E-state index contributed by atoms with van der Waals surface area (Å²) in [7, 11) is 0. The molecule has 3 fully saturated rings. The van der Waals surface area contributed by atoms with E-state index in [1.165, 1.54) is 57.8 Å². The molecular weight excluding hydrogens is 300 g/mol. The van der Waals surface area contributed by atoms with E-state index in [0.717, 1.165) is 53.3 Å². The van der Waals surface area contributed by atoms with Gasteiger partial charge >= 0.3 is 0 Å². The average molecular weight is 349 g/mol. The first kappa shape index (κ1) is 21.3. The van der Waals surface area contributed by atoms with Gasteiger partial charge in [0.15, 0.2) is 0 Å². The van der Waals surface area contributed by atoms with E-state index in [2.05, 4.69) is 48.5 Å². The molecule has 0 heterocycles. The summed E-state index contributed by atoms with van der Waals surface area (Å²) < 4.78 is 0. The molecule has 3 aliphatic carbocycles. The van der Waals surface area contributed by atoms with E-state index in [4.69, 9.17) is 0 Å². The Balaban J connectivity index is 0.000000236. The minimum absolute atomic E-state index is 0.945. The van der Waals surface area contributed by atoms with Crippen LogP contribution in [0.5, 0.6) is 0 Å². The zero-order valence-electron chi connectivity index (χ0n) is 18.6. The summed E-state index contributed by atoms with van der Waals surface area (Å²) in [5.74, 6) is 8.91. The van der Waals surface area contributed by atoms with Gasteiger partial charge in [-0.1, -0.05) is 93.4 Å². The SMILES string of the molecule is CC1CC(C2C(C)CCCC2C)CC(C)C1C.CC1CCC(C)CC1. The normalized spacial score (nSPS) is 48.4. The molecule has 3 rings (SSSR count). The quantitative estimate of drug-likeness (QED) is 0.448. The van der Waals surface area contributed by atoms with Crippen LogP contribution in [-0.4, -0.2) is 0 Å². The molecule has 4 atom stereocenters. The molecule has 0 nitrogen and oxygen atoms in total. The fourth-order valence-corrected chi connectivity index (χ4v) is 6.42. The summed E-state index contributed by atoms with van der Waals surface area (Å²) in [5, 5.41) is 0. The number of rotatable bonds is 1.